The molecule has 0 radical (unpaired) electrons. The second-order valence-corrected chi connectivity index (χ2v) is 8.56. The molecule has 0 spiro atoms. The molecule has 7 nitrogen and oxygen atoms in total. The lowest BCUT2D eigenvalue weighted by Gasteiger charge is -2.29. The molecule has 1 unspecified atom stereocenters. The number of Topliss-reactive ketones (excluding diaryl/α,β-unsaturated/α-hetero) is 1. The minimum absolute atomic E-state index is 0.0787. The quantitative estimate of drug-likeness (QED) is 0.454. The molecule has 0 aliphatic rings. The molecule has 0 fully saturated rings. The van der Waals surface area contributed by atoms with Crippen LogP contribution >= 0.6 is 0 Å². The number of benzene rings is 1. The maximum atomic E-state index is 12.5. The number of nitrogens with one attached hydrogen (secondary N) is 2. The Labute approximate surface area is 150 Å². The molecule has 1 rings (SSSR count). The van der Waals surface area contributed by atoms with Crippen molar-refractivity contribution in [3.8, 4) is 0 Å². The molecule has 1 aromatic carbocycles. The second kappa shape index (κ2) is 10.4. The van der Waals surface area contributed by atoms with Crippen molar-refractivity contribution in [3.05, 3.63) is 35.4 Å². The fourth-order valence-corrected chi connectivity index (χ4v) is 4.50. The number of amides is 1. The number of hydrogen-bond donors (Lipinski definition) is 2. The minimum Gasteiger partial charge on any atom is -0.377 e. The summed E-state index contributed by atoms with van der Waals surface area (Å²) in [6.45, 7) is 4.52. The van der Waals surface area contributed by atoms with Crippen LogP contribution in [0.2, 0.25) is 6.04 Å². The second-order valence-electron chi connectivity index (χ2n) is 5.57. The van der Waals surface area contributed by atoms with Gasteiger partial charge in [0.15, 0.2) is 5.78 Å². The smallest absolute Gasteiger partial charge is 0.377 e. The van der Waals surface area contributed by atoms with E-state index in [0.717, 1.165) is 6.54 Å². The van der Waals surface area contributed by atoms with Crippen LogP contribution in [-0.2, 0) is 13.3 Å². The highest BCUT2D eigenvalue weighted by atomic mass is 28.4. The van der Waals surface area contributed by atoms with Gasteiger partial charge in [-0.05, 0) is 19.5 Å². The van der Waals surface area contributed by atoms with Gasteiger partial charge in [-0.3, -0.25) is 9.59 Å². The van der Waals surface area contributed by atoms with Crippen molar-refractivity contribution >= 4 is 20.5 Å². The Morgan fingerprint density at radius 2 is 1.64 bits per heavy atom. The predicted octanol–water partition coefficient (Wildman–Crippen LogP) is 1.48. The van der Waals surface area contributed by atoms with E-state index in [4.69, 9.17) is 13.3 Å². The summed E-state index contributed by atoms with van der Waals surface area (Å²) in [5.41, 5.74) is 0.786. The van der Waals surface area contributed by atoms with E-state index in [9.17, 15) is 9.59 Å². The first-order valence-electron chi connectivity index (χ1n) is 8.20. The lowest BCUT2D eigenvalue weighted by Crippen LogP contribution is -2.51. The highest BCUT2D eigenvalue weighted by Crippen LogP contribution is 2.15. The predicted molar refractivity (Wildman–Crippen MR) is 97.8 cm³/mol. The third kappa shape index (κ3) is 6.01. The zero-order valence-electron chi connectivity index (χ0n) is 15.5. The molecule has 0 aliphatic carbocycles. The van der Waals surface area contributed by atoms with Gasteiger partial charge in [0.25, 0.3) is 5.91 Å². The number of likely N-dealkylation sites (N-methyl/N-ethyl adjacent to an activating group) is 1. The molecular weight excluding hydrogens is 340 g/mol. The van der Waals surface area contributed by atoms with Crippen LogP contribution in [0.5, 0.6) is 0 Å². The Morgan fingerprint density at radius 3 is 2.12 bits per heavy atom. The molecule has 140 valence electrons. The Morgan fingerprint density at radius 1 is 1.08 bits per heavy atom. The molecule has 1 amide bonds. The van der Waals surface area contributed by atoms with E-state index in [0.29, 0.717) is 23.7 Å². The lowest BCUT2D eigenvalue weighted by molar-refractivity contribution is 0.0930. The van der Waals surface area contributed by atoms with Gasteiger partial charge in [-0.15, -0.1) is 0 Å². The summed E-state index contributed by atoms with van der Waals surface area (Å²) in [6, 6.07) is 7.21. The zero-order chi connectivity index (χ0) is 18.9. The van der Waals surface area contributed by atoms with Crippen molar-refractivity contribution in [1.29, 1.82) is 0 Å². The summed E-state index contributed by atoms with van der Waals surface area (Å²) in [4.78, 5) is 24.2. The summed E-state index contributed by atoms with van der Waals surface area (Å²) in [5, 5.41) is 6.17. The van der Waals surface area contributed by atoms with Crippen LogP contribution in [0.15, 0.2) is 24.3 Å². The average molecular weight is 369 g/mol. The van der Waals surface area contributed by atoms with Crippen LogP contribution in [0.25, 0.3) is 0 Å². The maximum Gasteiger partial charge on any atom is 0.501 e. The molecule has 0 aromatic heterocycles. The number of carbonyl (C=O) groups excluding carboxylic acids is 2. The largest absolute Gasteiger partial charge is 0.501 e. The normalized spacial score (nSPS) is 12.7. The first-order chi connectivity index (χ1) is 11.9. The van der Waals surface area contributed by atoms with Crippen molar-refractivity contribution < 1.29 is 22.9 Å². The molecule has 1 atom stereocenters. The first-order valence-corrected chi connectivity index (χ1v) is 10.1. The van der Waals surface area contributed by atoms with Gasteiger partial charge in [0.2, 0.25) is 0 Å². The number of carbonyl (C=O) groups is 2. The lowest BCUT2D eigenvalue weighted by atomic mass is 10.0. The average Bonchev–Trinajstić information content (AvgIpc) is 2.64. The fourth-order valence-electron chi connectivity index (χ4n) is 2.61. The summed E-state index contributed by atoms with van der Waals surface area (Å²) in [6.07, 6.45) is 0. The highest BCUT2D eigenvalue weighted by molar-refractivity contribution is 6.60. The number of hydrogen-bond acceptors (Lipinski definition) is 6. The van der Waals surface area contributed by atoms with Gasteiger partial charge in [0.1, 0.15) is 0 Å². The Bertz CT molecular complexity index is 570. The van der Waals surface area contributed by atoms with Gasteiger partial charge in [-0.2, -0.15) is 0 Å². The molecule has 8 heteroatoms. The summed E-state index contributed by atoms with van der Waals surface area (Å²) in [7, 11) is 1.91. The monoisotopic (exact) mass is 368 g/mol. The molecule has 0 bridgehead atoms. The van der Waals surface area contributed by atoms with Gasteiger partial charge >= 0.3 is 8.80 Å². The minimum atomic E-state index is -2.77. The first kappa shape index (κ1) is 21.5. The molecule has 25 heavy (non-hydrogen) atoms. The summed E-state index contributed by atoms with van der Waals surface area (Å²) < 4.78 is 16.4. The Hall–Kier alpha value is -1.58. The zero-order valence-corrected chi connectivity index (χ0v) is 16.5. The highest BCUT2D eigenvalue weighted by Gasteiger charge is 2.40. The van der Waals surface area contributed by atoms with Crippen LogP contribution in [0.3, 0.4) is 0 Å². The van der Waals surface area contributed by atoms with E-state index >= 15 is 0 Å². The van der Waals surface area contributed by atoms with Crippen LogP contribution in [-0.4, -0.2) is 61.0 Å². The van der Waals surface area contributed by atoms with Crippen molar-refractivity contribution in [2.75, 3.05) is 34.4 Å². The van der Waals surface area contributed by atoms with Crippen LogP contribution < -0.4 is 10.6 Å². The molecular formula is C17H28N2O5Si. The van der Waals surface area contributed by atoms with Gasteiger partial charge in [-0.1, -0.05) is 25.1 Å². The van der Waals surface area contributed by atoms with Crippen molar-refractivity contribution in [2.24, 2.45) is 0 Å². The standard InChI is InChI=1S/C17H28N2O5Si/c1-6-18-14(12-25(22-3,23-4)24-5)11-19-17(21)16-10-8-7-9-15(16)13(2)20/h7-10,14,18H,6,11-12H2,1-5H3,(H,19,21). The molecule has 0 saturated carbocycles. The van der Waals surface area contributed by atoms with Crippen molar-refractivity contribution in [1.82, 2.24) is 10.6 Å². The summed E-state index contributed by atoms with van der Waals surface area (Å²) >= 11 is 0. The van der Waals surface area contributed by atoms with Crippen LogP contribution in [0.4, 0.5) is 0 Å². The topological polar surface area (TPSA) is 85.9 Å². The van der Waals surface area contributed by atoms with Gasteiger partial charge < -0.3 is 23.9 Å². The van der Waals surface area contributed by atoms with E-state index in [1.807, 2.05) is 6.92 Å². The maximum absolute atomic E-state index is 12.5. The van der Waals surface area contributed by atoms with Crippen LogP contribution in [0, 0.1) is 0 Å². The number of ketones is 1. The van der Waals surface area contributed by atoms with E-state index in [1.54, 1.807) is 45.6 Å². The van der Waals surface area contributed by atoms with E-state index in [-0.39, 0.29) is 17.7 Å². The molecule has 2 N–H and O–H groups in total. The van der Waals surface area contributed by atoms with E-state index < -0.39 is 8.80 Å². The third-order valence-corrected chi connectivity index (χ3v) is 6.84. The van der Waals surface area contributed by atoms with Crippen molar-refractivity contribution in [3.63, 3.8) is 0 Å². The Balaban J connectivity index is 2.81. The fraction of sp³-hybridized carbons (Fsp3) is 0.529. The molecule has 0 aliphatic heterocycles. The SMILES string of the molecule is CCNC(CNC(=O)c1ccccc1C(C)=O)C[Si](OC)(OC)OC. The van der Waals surface area contributed by atoms with Crippen LogP contribution in [0.1, 0.15) is 34.6 Å². The van der Waals surface area contributed by atoms with Gasteiger partial charge in [-0.25, -0.2) is 0 Å². The third-order valence-electron chi connectivity index (χ3n) is 3.98. The molecule has 0 saturated heterocycles. The van der Waals surface area contributed by atoms with E-state index in [2.05, 4.69) is 10.6 Å². The number of rotatable bonds is 11. The van der Waals surface area contributed by atoms with Gasteiger partial charge in [0.05, 0.1) is 5.56 Å². The summed E-state index contributed by atoms with van der Waals surface area (Å²) in [5.74, 6) is -0.424. The van der Waals surface area contributed by atoms with Crippen molar-refractivity contribution in [2.45, 2.75) is 25.9 Å². The van der Waals surface area contributed by atoms with E-state index in [1.165, 1.54) is 6.92 Å². The Kier molecular flexibility index (Phi) is 8.94. The molecule has 0 heterocycles. The molecule has 1 aromatic rings. The van der Waals surface area contributed by atoms with Gasteiger partial charge in [0, 0.05) is 45.5 Å².